The molecule has 4 rings (SSSR count). The van der Waals surface area contributed by atoms with Crippen molar-refractivity contribution in [3.05, 3.63) is 82.4 Å². The Morgan fingerprint density at radius 1 is 0.909 bits per heavy atom. The van der Waals surface area contributed by atoms with Crippen molar-refractivity contribution in [2.24, 2.45) is 0 Å². The van der Waals surface area contributed by atoms with Gasteiger partial charge in [0.25, 0.3) is 0 Å². The summed E-state index contributed by atoms with van der Waals surface area (Å²) in [6.45, 7) is 6.31. The molecule has 0 amide bonds. The van der Waals surface area contributed by atoms with Crippen LogP contribution in [0, 0.1) is 26.6 Å². The van der Waals surface area contributed by atoms with Crippen LogP contribution < -0.4 is 0 Å². The van der Waals surface area contributed by atoms with Gasteiger partial charge in [-0.25, -0.2) is 9.37 Å². The molecule has 2 aromatic heterocycles. The van der Waals surface area contributed by atoms with Crippen molar-refractivity contribution in [1.29, 1.82) is 0 Å². The smallest absolute Gasteiger partial charge is 0.166 e. The number of hydrogen-bond acceptors (Lipinski definition) is 4. The minimum Gasteiger partial charge on any atom is -0.333 e. The Labute approximate surface area is 204 Å². The standard InChI is InChI=1S/C27H30FN3S2/c1-18-10-9-12-22(28)21(18)11-5-4-8-15-32-26-19(2)16-29-25(20(26)3)17-33-27-30-23-13-6-7-14-24(23)31-27/h6-7,9-10,12-14,16H,4-5,8,11,15,17H2,1-3H3,(H,30,31). The Hall–Kier alpha value is -2.31. The molecule has 33 heavy (non-hydrogen) atoms. The molecule has 172 valence electrons. The summed E-state index contributed by atoms with van der Waals surface area (Å²) in [5, 5.41) is 0.928. The second kappa shape index (κ2) is 11.2. The molecule has 0 aliphatic heterocycles. The Kier molecular flexibility index (Phi) is 8.10. The van der Waals surface area contributed by atoms with Crippen LogP contribution in [-0.4, -0.2) is 20.7 Å². The summed E-state index contributed by atoms with van der Waals surface area (Å²) in [5.74, 6) is 1.79. The van der Waals surface area contributed by atoms with E-state index in [-0.39, 0.29) is 5.82 Å². The fourth-order valence-electron chi connectivity index (χ4n) is 4.00. The number of nitrogens with one attached hydrogen (secondary N) is 1. The summed E-state index contributed by atoms with van der Waals surface area (Å²) < 4.78 is 14.0. The molecule has 0 bridgehead atoms. The van der Waals surface area contributed by atoms with Gasteiger partial charge in [-0.1, -0.05) is 42.4 Å². The van der Waals surface area contributed by atoms with Crippen LogP contribution in [0.15, 0.2) is 58.7 Å². The molecule has 4 aromatic rings. The number of aromatic amines is 1. The van der Waals surface area contributed by atoms with E-state index in [0.717, 1.165) is 70.2 Å². The number of hydrogen-bond donors (Lipinski definition) is 1. The largest absolute Gasteiger partial charge is 0.333 e. The molecule has 0 aliphatic rings. The van der Waals surface area contributed by atoms with Gasteiger partial charge in [0.05, 0.1) is 16.7 Å². The molecule has 0 spiro atoms. The van der Waals surface area contributed by atoms with Gasteiger partial charge in [0.2, 0.25) is 0 Å². The van der Waals surface area contributed by atoms with E-state index < -0.39 is 0 Å². The van der Waals surface area contributed by atoms with Crippen molar-refractivity contribution in [3.63, 3.8) is 0 Å². The van der Waals surface area contributed by atoms with Crippen LogP contribution in [0.3, 0.4) is 0 Å². The highest BCUT2D eigenvalue weighted by atomic mass is 32.2. The van der Waals surface area contributed by atoms with Crippen molar-refractivity contribution in [1.82, 2.24) is 15.0 Å². The first-order valence-electron chi connectivity index (χ1n) is 11.4. The molecule has 0 fully saturated rings. The third-order valence-corrected chi connectivity index (χ3v) is 8.22. The lowest BCUT2D eigenvalue weighted by molar-refractivity contribution is 0.597. The van der Waals surface area contributed by atoms with Crippen LogP contribution >= 0.6 is 23.5 Å². The SMILES string of the molecule is Cc1cccc(F)c1CCCCCSc1c(C)cnc(CSc2nc3ccccc3[nH]2)c1C. The van der Waals surface area contributed by atoms with Crippen LogP contribution in [0.1, 0.15) is 47.2 Å². The zero-order chi connectivity index (χ0) is 23.2. The normalized spacial score (nSPS) is 11.4. The van der Waals surface area contributed by atoms with Gasteiger partial charge in [-0.15, -0.1) is 11.8 Å². The number of rotatable bonds is 10. The number of benzene rings is 2. The average molecular weight is 480 g/mol. The molecule has 6 heteroatoms. The highest BCUT2D eigenvalue weighted by Gasteiger charge is 2.12. The van der Waals surface area contributed by atoms with Gasteiger partial charge in [-0.05, 0) is 86.2 Å². The molecule has 1 N–H and O–H groups in total. The number of aromatic nitrogens is 3. The van der Waals surface area contributed by atoms with Gasteiger partial charge in [0.1, 0.15) is 5.82 Å². The predicted octanol–water partition coefficient (Wildman–Crippen LogP) is 7.82. The van der Waals surface area contributed by atoms with Crippen LogP contribution in [0.5, 0.6) is 0 Å². The lowest BCUT2D eigenvalue weighted by Crippen LogP contribution is -1.98. The summed E-state index contributed by atoms with van der Waals surface area (Å²) in [5.41, 5.74) is 7.61. The number of nitrogens with zero attached hydrogens (tertiary/aromatic N) is 2. The van der Waals surface area contributed by atoms with Crippen molar-refractivity contribution < 1.29 is 4.39 Å². The quantitative estimate of drug-likeness (QED) is 0.186. The predicted molar refractivity (Wildman–Crippen MR) is 139 cm³/mol. The maximum atomic E-state index is 14.0. The highest BCUT2D eigenvalue weighted by molar-refractivity contribution is 7.99. The maximum Gasteiger partial charge on any atom is 0.166 e. The van der Waals surface area contributed by atoms with E-state index in [4.69, 9.17) is 4.98 Å². The zero-order valence-electron chi connectivity index (χ0n) is 19.5. The van der Waals surface area contributed by atoms with E-state index in [9.17, 15) is 4.39 Å². The number of halogens is 1. The van der Waals surface area contributed by atoms with Crippen molar-refractivity contribution in [2.45, 2.75) is 62.3 Å². The van der Waals surface area contributed by atoms with Crippen LogP contribution in [0.2, 0.25) is 0 Å². The van der Waals surface area contributed by atoms with E-state index in [2.05, 4.69) is 23.8 Å². The molecule has 3 nitrogen and oxygen atoms in total. The van der Waals surface area contributed by atoms with Gasteiger partial charge < -0.3 is 4.98 Å². The van der Waals surface area contributed by atoms with E-state index in [0.29, 0.717) is 0 Å². The molecular formula is C27H30FN3S2. The maximum absolute atomic E-state index is 14.0. The average Bonchev–Trinajstić information content (AvgIpc) is 3.22. The fourth-order valence-corrected chi connectivity index (χ4v) is 6.07. The van der Waals surface area contributed by atoms with Gasteiger partial charge >= 0.3 is 0 Å². The number of thioether (sulfide) groups is 2. The lowest BCUT2D eigenvalue weighted by atomic mass is 10.0. The summed E-state index contributed by atoms with van der Waals surface area (Å²) >= 11 is 3.61. The number of H-pyrrole nitrogens is 1. The number of unbranched alkanes of at least 4 members (excludes halogenated alkanes) is 2. The van der Waals surface area contributed by atoms with Gasteiger partial charge in [-0.3, -0.25) is 4.98 Å². The Bertz CT molecular complexity index is 1180. The van der Waals surface area contributed by atoms with Gasteiger partial charge in [0, 0.05) is 16.8 Å². The van der Waals surface area contributed by atoms with E-state index in [1.165, 1.54) is 16.0 Å². The molecular weight excluding hydrogens is 449 g/mol. The van der Waals surface area contributed by atoms with Crippen molar-refractivity contribution >= 4 is 34.6 Å². The van der Waals surface area contributed by atoms with Crippen LogP contribution in [-0.2, 0) is 12.2 Å². The monoisotopic (exact) mass is 479 g/mol. The first-order chi connectivity index (χ1) is 16.0. The molecule has 0 saturated heterocycles. The Balaban J connectivity index is 1.28. The lowest BCUT2D eigenvalue weighted by Gasteiger charge is -2.13. The molecule has 0 atom stereocenters. The van der Waals surface area contributed by atoms with Crippen LogP contribution in [0.4, 0.5) is 4.39 Å². The third-order valence-electron chi connectivity index (χ3n) is 5.93. The van der Waals surface area contributed by atoms with E-state index in [1.54, 1.807) is 23.9 Å². The summed E-state index contributed by atoms with van der Waals surface area (Å²) in [6.07, 6.45) is 6.07. The van der Waals surface area contributed by atoms with E-state index >= 15 is 0 Å². The molecule has 2 heterocycles. The number of imidazole rings is 1. The summed E-state index contributed by atoms with van der Waals surface area (Å²) in [4.78, 5) is 14.1. The third kappa shape index (κ3) is 5.98. The summed E-state index contributed by atoms with van der Waals surface area (Å²) in [6, 6.07) is 13.4. The molecule has 0 saturated carbocycles. The number of pyridine rings is 1. The topological polar surface area (TPSA) is 41.6 Å². The fraction of sp³-hybridized carbons (Fsp3) is 0.333. The minimum atomic E-state index is -0.0690. The minimum absolute atomic E-state index is 0.0690. The van der Waals surface area contributed by atoms with E-state index in [1.807, 2.05) is 55.2 Å². The molecule has 2 aromatic carbocycles. The Morgan fingerprint density at radius 3 is 2.58 bits per heavy atom. The number of fused-ring (bicyclic) bond motifs is 1. The second-order valence-electron chi connectivity index (χ2n) is 8.38. The van der Waals surface area contributed by atoms with Crippen LogP contribution in [0.25, 0.3) is 11.0 Å². The molecule has 0 unspecified atom stereocenters. The van der Waals surface area contributed by atoms with Crippen molar-refractivity contribution in [3.8, 4) is 0 Å². The first kappa shape index (κ1) is 23.8. The Morgan fingerprint density at radius 2 is 1.76 bits per heavy atom. The van der Waals surface area contributed by atoms with Gasteiger partial charge in [-0.2, -0.15) is 0 Å². The number of para-hydroxylation sites is 2. The van der Waals surface area contributed by atoms with Crippen molar-refractivity contribution in [2.75, 3.05) is 5.75 Å². The molecule has 0 radical (unpaired) electrons. The number of aryl methyl sites for hydroxylation is 2. The highest BCUT2D eigenvalue weighted by Crippen LogP contribution is 2.31. The summed E-state index contributed by atoms with van der Waals surface area (Å²) in [7, 11) is 0. The first-order valence-corrected chi connectivity index (χ1v) is 13.4. The zero-order valence-corrected chi connectivity index (χ0v) is 21.1. The molecule has 0 aliphatic carbocycles. The van der Waals surface area contributed by atoms with Gasteiger partial charge in [0.15, 0.2) is 5.16 Å². The second-order valence-corrected chi connectivity index (χ2v) is 10.5.